The molecule has 0 aromatic heterocycles. The molecule has 0 saturated heterocycles. The van der Waals surface area contributed by atoms with Crippen LogP contribution in [0.1, 0.15) is 19.4 Å². The van der Waals surface area contributed by atoms with Gasteiger partial charge in [-0.25, -0.2) is 8.42 Å². The second-order valence-electron chi connectivity index (χ2n) is 4.91. The summed E-state index contributed by atoms with van der Waals surface area (Å²) in [5, 5.41) is 0. The third kappa shape index (κ3) is 3.92. The molecule has 1 rings (SSSR count). The van der Waals surface area contributed by atoms with Crippen LogP contribution < -0.4 is 0 Å². The molecule has 0 bridgehead atoms. The molecular formula is C15H19NO3S. The van der Waals surface area contributed by atoms with Crippen LogP contribution in [0.5, 0.6) is 0 Å². The van der Waals surface area contributed by atoms with Crippen LogP contribution in [-0.2, 0) is 14.8 Å². The predicted octanol–water partition coefficient (Wildman–Crippen LogP) is 1.84. The lowest BCUT2D eigenvalue weighted by molar-refractivity contribution is -0.122. The number of carbonyl (C=O) groups excluding carboxylic acids is 1. The summed E-state index contributed by atoms with van der Waals surface area (Å²) >= 11 is 0. The third-order valence-corrected chi connectivity index (χ3v) is 4.71. The number of hydrogen-bond donors (Lipinski definition) is 0. The molecule has 1 aromatic carbocycles. The molecule has 0 unspecified atom stereocenters. The van der Waals surface area contributed by atoms with Crippen molar-refractivity contribution in [1.29, 1.82) is 0 Å². The standard InChI is InChI=1S/C15H19NO3S/c1-5-10-16(11-15(17)12(2)3)20(18,19)14-8-6-13(4)7-9-14/h1,6-9,12H,10-11H2,2-4H3. The van der Waals surface area contributed by atoms with Gasteiger partial charge in [-0.1, -0.05) is 37.5 Å². The van der Waals surface area contributed by atoms with E-state index in [2.05, 4.69) is 5.92 Å². The Balaban J connectivity index is 3.09. The molecule has 1 aromatic rings. The van der Waals surface area contributed by atoms with Crippen molar-refractivity contribution in [2.75, 3.05) is 13.1 Å². The van der Waals surface area contributed by atoms with E-state index in [-0.39, 0.29) is 29.7 Å². The predicted molar refractivity (Wildman–Crippen MR) is 78.6 cm³/mol. The third-order valence-electron chi connectivity index (χ3n) is 2.90. The highest BCUT2D eigenvalue weighted by atomic mass is 32.2. The highest BCUT2D eigenvalue weighted by molar-refractivity contribution is 7.89. The molecule has 0 amide bonds. The van der Waals surface area contributed by atoms with Gasteiger partial charge in [-0.3, -0.25) is 4.79 Å². The number of rotatable bonds is 6. The lowest BCUT2D eigenvalue weighted by atomic mass is 10.1. The number of ketones is 1. The Labute approximate surface area is 120 Å². The van der Waals surface area contributed by atoms with E-state index in [0.717, 1.165) is 9.87 Å². The average molecular weight is 293 g/mol. The molecule has 0 N–H and O–H groups in total. The minimum Gasteiger partial charge on any atom is -0.298 e. The highest BCUT2D eigenvalue weighted by Gasteiger charge is 2.26. The van der Waals surface area contributed by atoms with E-state index in [9.17, 15) is 13.2 Å². The van der Waals surface area contributed by atoms with E-state index in [0.29, 0.717) is 0 Å². The van der Waals surface area contributed by atoms with Crippen LogP contribution in [-0.4, -0.2) is 31.6 Å². The Morgan fingerprint density at radius 2 is 1.85 bits per heavy atom. The van der Waals surface area contributed by atoms with Crippen LogP contribution in [0.2, 0.25) is 0 Å². The number of benzene rings is 1. The van der Waals surface area contributed by atoms with Gasteiger partial charge in [0, 0.05) is 5.92 Å². The van der Waals surface area contributed by atoms with Crippen molar-refractivity contribution in [3.63, 3.8) is 0 Å². The maximum absolute atomic E-state index is 12.5. The van der Waals surface area contributed by atoms with Crippen molar-refractivity contribution in [2.45, 2.75) is 25.7 Å². The van der Waals surface area contributed by atoms with Gasteiger partial charge in [0.1, 0.15) is 0 Å². The second kappa shape index (κ2) is 6.69. The Bertz CT molecular complexity index is 610. The minimum absolute atomic E-state index is 0.116. The summed E-state index contributed by atoms with van der Waals surface area (Å²) < 4.78 is 26.0. The van der Waals surface area contributed by atoms with Gasteiger partial charge in [0.05, 0.1) is 18.0 Å². The van der Waals surface area contributed by atoms with Gasteiger partial charge in [-0.2, -0.15) is 4.31 Å². The fourth-order valence-corrected chi connectivity index (χ4v) is 2.86. The van der Waals surface area contributed by atoms with Gasteiger partial charge >= 0.3 is 0 Å². The summed E-state index contributed by atoms with van der Waals surface area (Å²) in [5.74, 6) is 1.90. The molecule has 5 heteroatoms. The van der Waals surface area contributed by atoms with Crippen LogP contribution in [0.25, 0.3) is 0 Å². The van der Waals surface area contributed by atoms with Crippen molar-refractivity contribution in [2.24, 2.45) is 5.92 Å². The first-order valence-electron chi connectivity index (χ1n) is 6.32. The van der Waals surface area contributed by atoms with E-state index >= 15 is 0 Å². The summed E-state index contributed by atoms with van der Waals surface area (Å²) in [5.41, 5.74) is 0.964. The number of terminal acetylenes is 1. The zero-order chi connectivity index (χ0) is 15.3. The number of aryl methyl sites for hydroxylation is 1. The minimum atomic E-state index is -3.74. The van der Waals surface area contributed by atoms with Crippen molar-refractivity contribution < 1.29 is 13.2 Å². The van der Waals surface area contributed by atoms with Crippen LogP contribution >= 0.6 is 0 Å². The van der Waals surface area contributed by atoms with Crippen LogP contribution in [0.4, 0.5) is 0 Å². The number of sulfonamides is 1. The quantitative estimate of drug-likeness (QED) is 0.752. The van der Waals surface area contributed by atoms with E-state index in [1.807, 2.05) is 6.92 Å². The van der Waals surface area contributed by atoms with E-state index in [1.165, 1.54) is 12.1 Å². The first kappa shape index (κ1) is 16.4. The van der Waals surface area contributed by atoms with Gasteiger partial charge in [-0.05, 0) is 19.1 Å². The lowest BCUT2D eigenvalue weighted by Crippen LogP contribution is -2.37. The molecule has 20 heavy (non-hydrogen) atoms. The molecule has 0 heterocycles. The van der Waals surface area contributed by atoms with Crippen molar-refractivity contribution in [3.8, 4) is 12.3 Å². The normalized spacial score (nSPS) is 11.6. The molecule has 0 aliphatic rings. The molecule has 0 atom stereocenters. The van der Waals surface area contributed by atoms with E-state index < -0.39 is 10.0 Å². The molecule has 0 aliphatic heterocycles. The summed E-state index contributed by atoms with van der Waals surface area (Å²) in [4.78, 5) is 11.9. The van der Waals surface area contributed by atoms with Gasteiger partial charge in [0.15, 0.2) is 5.78 Å². The highest BCUT2D eigenvalue weighted by Crippen LogP contribution is 2.16. The van der Waals surface area contributed by atoms with Crippen molar-refractivity contribution in [3.05, 3.63) is 29.8 Å². The molecule has 0 aliphatic carbocycles. The molecule has 0 spiro atoms. The van der Waals surface area contributed by atoms with Gasteiger partial charge in [-0.15, -0.1) is 6.42 Å². The molecule has 4 nitrogen and oxygen atoms in total. The smallest absolute Gasteiger partial charge is 0.244 e. The fourth-order valence-electron chi connectivity index (χ4n) is 1.54. The monoisotopic (exact) mass is 293 g/mol. The van der Waals surface area contributed by atoms with Gasteiger partial charge < -0.3 is 0 Å². The topological polar surface area (TPSA) is 54.5 Å². The zero-order valence-electron chi connectivity index (χ0n) is 12.0. The van der Waals surface area contributed by atoms with Crippen molar-refractivity contribution >= 4 is 15.8 Å². The Kier molecular flexibility index (Phi) is 5.49. The molecular weight excluding hydrogens is 274 g/mol. The fraction of sp³-hybridized carbons (Fsp3) is 0.400. The lowest BCUT2D eigenvalue weighted by Gasteiger charge is -2.20. The molecule has 0 radical (unpaired) electrons. The molecule has 0 fully saturated rings. The first-order valence-corrected chi connectivity index (χ1v) is 7.76. The number of Topliss-reactive ketones (excluding diaryl/α,β-unsaturated/α-hetero) is 1. The first-order chi connectivity index (χ1) is 9.28. The number of nitrogens with zero attached hydrogens (tertiary/aromatic N) is 1. The Morgan fingerprint density at radius 3 is 2.30 bits per heavy atom. The second-order valence-corrected chi connectivity index (χ2v) is 6.85. The SMILES string of the molecule is C#CCN(CC(=O)C(C)C)S(=O)(=O)c1ccc(C)cc1. The van der Waals surface area contributed by atoms with Crippen LogP contribution in [0.3, 0.4) is 0 Å². The summed E-state index contributed by atoms with van der Waals surface area (Å²) in [6.45, 7) is 5.02. The van der Waals surface area contributed by atoms with E-state index in [4.69, 9.17) is 6.42 Å². The van der Waals surface area contributed by atoms with Crippen LogP contribution in [0, 0.1) is 25.2 Å². The maximum Gasteiger partial charge on any atom is 0.244 e. The Morgan fingerprint density at radius 1 is 1.30 bits per heavy atom. The number of hydrogen-bond acceptors (Lipinski definition) is 3. The van der Waals surface area contributed by atoms with Gasteiger partial charge in [0.2, 0.25) is 10.0 Å². The Hall–Kier alpha value is -1.64. The summed E-state index contributed by atoms with van der Waals surface area (Å²) in [7, 11) is -3.74. The number of carbonyl (C=O) groups is 1. The van der Waals surface area contributed by atoms with E-state index in [1.54, 1.807) is 26.0 Å². The zero-order valence-corrected chi connectivity index (χ0v) is 12.8. The van der Waals surface area contributed by atoms with Crippen molar-refractivity contribution in [1.82, 2.24) is 4.31 Å². The van der Waals surface area contributed by atoms with Gasteiger partial charge in [0.25, 0.3) is 0 Å². The molecule has 0 saturated carbocycles. The molecule has 108 valence electrons. The van der Waals surface area contributed by atoms with Crippen LogP contribution in [0.15, 0.2) is 29.2 Å². The average Bonchev–Trinajstić information content (AvgIpc) is 2.38. The largest absolute Gasteiger partial charge is 0.298 e. The summed E-state index contributed by atoms with van der Waals surface area (Å²) in [6, 6.07) is 6.47. The maximum atomic E-state index is 12.5. The summed E-state index contributed by atoms with van der Waals surface area (Å²) in [6.07, 6.45) is 5.21.